The molecule has 7 nitrogen and oxygen atoms in total. The minimum Gasteiger partial charge on any atom is -0.352 e. The number of nitrogens with zero attached hydrogens (tertiary/aromatic N) is 2. The van der Waals surface area contributed by atoms with E-state index in [1.807, 2.05) is 77.9 Å². The summed E-state index contributed by atoms with van der Waals surface area (Å²) in [6, 6.07) is 20.6. The number of benzene rings is 3. The van der Waals surface area contributed by atoms with Crippen LogP contribution in [0.25, 0.3) is 0 Å². The molecule has 0 bridgehead atoms. The Kier molecular flexibility index (Phi) is 10.5. The first-order chi connectivity index (χ1) is 19.0. The van der Waals surface area contributed by atoms with Gasteiger partial charge in [0.05, 0.1) is 10.6 Å². The number of nitrogens with one attached hydrogen (secondary N) is 1. The lowest BCUT2D eigenvalue weighted by Crippen LogP contribution is -2.53. The van der Waals surface area contributed by atoms with Crippen LogP contribution in [0.4, 0.5) is 5.69 Å². The quantitative estimate of drug-likeness (QED) is 0.314. The molecule has 0 aromatic heterocycles. The Balaban J connectivity index is 2.07. The lowest BCUT2D eigenvalue weighted by molar-refractivity contribution is -0.140. The second kappa shape index (κ2) is 13.6. The number of hydrogen-bond acceptors (Lipinski definition) is 4. The van der Waals surface area contributed by atoms with Crippen LogP contribution in [0.1, 0.15) is 55.9 Å². The monoisotopic (exact) mass is 563 g/mol. The average molecular weight is 564 g/mol. The van der Waals surface area contributed by atoms with E-state index in [0.29, 0.717) is 12.1 Å². The second-order valence-corrected chi connectivity index (χ2v) is 12.2. The molecule has 2 amide bonds. The van der Waals surface area contributed by atoms with Crippen LogP contribution in [0.2, 0.25) is 0 Å². The zero-order valence-electron chi connectivity index (χ0n) is 24.3. The van der Waals surface area contributed by atoms with Gasteiger partial charge >= 0.3 is 0 Å². The molecule has 0 spiro atoms. The van der Waals surface area contributed by atoms with Crippen molar-refractivity contribution in [3.63, 3.8) is 0 Å². The number of carbonyl (C=O) groups is 2. The van der Waals surface area contributed by atoms with Crippen LogP contribution in [-0.4, -0.2) is 43.8 Å². The topological polar surface area (TPSA) is 86.8 Å². The smallest absolute Gasteiger partial charge is 0.264 e. The van der Waals surface area contributed by atoms with E-state index in [4.69, 9.17) is 0 Å². The summed E-state index contributed by atoms with van der Waals surface area (Å²) in [5.41, 5.74) is 3.97. The van der Waals surface area contributed by atoms with E-state index in [0.717, 1.165) is 33.0 Å². The van der Waals surface area contributed by atoms with Crippen molar-refractivity contribution in [1.29, 1.82) is 0 Å². The first-order valence-corrected chi connectivity index (χ1v) is 15.2. The van der Waals surface area contributed by atoms with E-state index in [1.54, 1.807) is 36.4 Å². The minimum absolute atomic E-state index is 0.0529. The van der Waals surface area contributed by atoms with E-state index >= 15 is 0 Å². The van der Waals surface area contributed by atoms with Gasteiger partial charge in [-0.3, -0.25) is 13.9 Å². The number of anilines is 1. The van der Waals surface area contributed by atoms with Gasteiger partial charge in [0, 0.05) is 12.6 Å². The summed E-state index contributed by atoms with van der Waals surface area (Å²) < 4.78 is 29.1. The van der Waals surface area contributed by atoms with Crippen molar-refractivity contribution in [1.82, 2.24) is 10.2 Å². The maximum absolute atomic E-state index is 14.2. The largest absolute Gasteiger partial charge is 0.352 e. The Hall–Kier alpha value is -3.65. The maximum atomic E-state index is 14.2. The lowest BCUT2D eigenvalue weighted by Gasteiger charge is -2.34. The number of sulfonamides is 1. The molecule has 0 radical (unpaired) electrons. The molecule has 0 fully saturated rings. The van der Waals surface area contributed by atoms with Gasteiger partial charge in [-0.05, 0) is 69.9 Å². The van der Waals surface area contributed by atoms with Crippen molar-refractivity contribution >= 4 is 27.5 Å². The number of hydrogen-bond donors (Lipinski definition) is 1. The minimum atomic E-state index is -4.09. The molecule has 214 valence electrons. The van der Waals surface area contributed by atoms with Crippen molar-refractivity contribution in [3.8, 4) is 0 Å². The summed E-state index contributed by atoms with van der Waals surface area (Å²) in [7, 11) is -4.09. The highest BCUT2D eigenvalue weighted by Gasteiger charge is 2.34. The molecule has 0 aliphatic carbocycles. The third-order valence-electron chi connectivity index (χ3n) is 7.09. The van der Waals surface area contributed by atoms with Gasteiger partial charge in [0.2, 0.25) is 11.8 Å². The SMILES string of the molecule is CC[C@H](C)NC(=O)[C@H](CC)N(Cc1cccc(C)c1)C(=O)CN(c1ccccc1C)S(=O)(=O)c1ccc(C)cc1. The zero-order chi connectivity index (χ0) is 29.4. The molecule has 0 aliphatic heterocycles. The van der Waals surface area contributed by atoms with E-state index in [2.05, 4.69) is 5.32 Å². The van der Waals surface area contributed by atoms with Crippen LogP contribution in [0.3, 0.4) is 0 Å². The third kappa shape index (κ3) is 7.50. The van der Waals surface area contributed by atoms with Crippen LogP contribution in [0, 0.1) is 20.8 Å². The van der Waals surface area contributed by atoms with Gasteiger partial charge in [-0.2, -0.15) is 0 Å². The molecule has 0 saturated carbocycles. The maximum Gasteiger partial charge on any atom is 0.264 e. The summed E-state index contributed by atoms with van der Waals surface area (Å²) >= 11 is 0. The second-order valence-electron chi connectivity index (χ2n) is 10.4. The molecule has 3 aromatic rings. The molecule has 2 atom stereocenters. The number of carbonyl (C=O) groups excluding carboxylic acids is 2. The van der Waals surface area contributed by atoms with Crippen LogP contribution in [-0.2, 0) is 26.2 Å². The molecule has 0 heterocycles. The van der Waals surface area contributed by atoms with Crippen LogP contribution >= 0.6 is 0 Å². The van der Waals surface area contributed by atoms with Crippen molar-refractivity contribution in [2.45, 2.75) is 77.9 Å². The Morgan fingerprint density at radius 3 is 2.12 bits per heavy atom. The van der Waals surface area contributed by atoms with Gasteiger partial charge in [0.15, 0.2) is 0 Å². The van der Waals surface area contributed by atoms with Gasteiger partial charge in [0.25, 0.3) is 10.0 Å². The molecule has 3 rings (SSSR count). The molecule has 0 unspecified atom stereocenters. The fraction of sp³-hybridized carbons (Fsp3) is 0.375. The predicted octanol–water partition coefficient (Wildman–Crippen LogP) is 5.53. The average Bonchev–Trinajstić information content (AvgIpc) is 2.92. The molecule has 0 saturated heterocycles. The first kappa shape index (κ1) is 30.9. The van der Waals surface area contributed by atoms with Crippen LogP contribution in [0.5, 0.6) is 0 Å². The van der Waals surface area contributed by atoms with E-state index in [-0.39, 0.29) is 23.4 Å². The summed E-state index contributed by atoms with van der Waals surface area (Å²) in [6.07, 6.45) is 1.14. The molecule has 3 aromatic carbocycles. The number of aryl methyl sites for hydroxylation is 3. The van der Waals surface area contributed by atoms with Gasteiger partial charge < -0.3 is 10.2 Å². The Morgan fingerprint density at radius 1 is 0.850 bits per heavy atom. The van der Waals surface area contributed by atoms with E-state index in [1.165, 1.54) is 4.90 Å². The van der Waals surface area contributed by atoms with E-state index < -0.39 is 28.5 Å². The Labute approximate surface area is 239 Å². The summed E-state index contributed by atoms with van der Waals surface area (Å²) in [5, 5.41) is 3.00. The highest BCUT2D eigenvalue weighted by atomic mass is 32.2. The molecule has 0 aliphatic rings. The van der Waals surface area contributed by atoms with Gasteiger partial charge in [-0.1, -0.05) is 79.6 Å². The normalized spacial score (nSPS) is 12.8. The molecule has 8 heteroatoms. The number of rotatable bonds is 12. The molecular formula is C32H41N3O4S. The van der Waals surface area contributed by atoms with Gasteiger partial charge in [-0.25, -0.2) is 8.42 Å². The summed E-state index contributed by atoms with van der Waals surface area (Å²) in [5.74, 6) is -0.701. The fourth-order valence-corrected chi connectivity index (χ4v) is 6.04. The van der Waals surface area contributed by atoms with Crippen molar-refractivity contribution in [2.75, 3.05) is 10.8 Å². The number of para-hydroxylation sites is 1. The fourth-order valence-electron chi connectivity index (χ4n) is 4.56. The predicted molar refractivity (Wildman–Crippen MR) is 161 cm³/mol. The summed E-state index contributed by atoms with van der Waals surface area (Å²) in [6.45, 7) is 11.2. The number of amides is 2. The Morgan fingerprint density at radius 2 is 1.52 bits per heavy atom. The Bertz CT molecular complexity index is 1420. The van der Waals surface area contributed by atoms with Crippen molar-refractivity contribution in [2.24, 2.45) is 0 Å². The third-order valence-corrected chi connectivity index (χ3v) is 8.87. The van der Waals surface area contributed by atoms with Crippen LogP contribution in [0.15, 0.2) is 77.7 Å². The van der Waals surface area contributed by atoms with Gasteiger partial charge in [0.1, 0.15) is 12.6 Å². The molecular weight excluding hydrogens is 522 g/mol. The van der Waals surface area contributed by atoms with Crippen molar-refractivity contribution < 1.29 is 18.0 Å². The zero-order valence-corrected chi connectivity index (χ0v) is 25.2. The molecule has 1 N–H and O–H groups in total. The lowest BCUT2D eigenvalue weighted by atomic mass is 10.1. The highest BCUT2D eigenvalue weighted by Crippen LogP contribution is 2.28. The van der Waals surface area contributed by atoms with E-state index in [9.17, 15) is 18.0 Å². The summed E-state index contributed by atoms with van der Waals surface area (Å²) in [4.78, 5) is 29.1. The highest BCUT2D eigenvalue weighted by molar-refractivity contribution is 7.92. The first-order valence-electron chi connectivity index (χ1n) is 13.8. The van der Waals surface area contributed by atoms with Crippen molar-refractivity contribution in [3.05, 3.63) is 95.1 Å². The standard InChI is InChI=1S/C32H41N3O4S/c1-7-26(6)33-32(37)29(8-2)34(21-27-14-11-12-24(4)20-27)31(36)22-35(30-15-10-9-13-25(30)5)40(38,39)28-18-16-23(3)17-19-28/h9-20,26,29H,7-8,21-22H2,1-6H3,(H,33,37)/t26-,29-/m0/s1. The molecule has 40 heavy (non-hydrogen) atoms. The van der Waals surface area contributed by atoms with Crippen LogP contribution < -0.4 is 9.62 Å². The van der Waals surface area contributed by atoms with Gasteiger partial charge in [-0.15, -0.1) is 0 Å².